The van der Waals surface area contributed by atoms with Crippen LogP contribution in [0.3, 0.4) is 0 Å². The second kappa shape index (κ2) is 8.74. The second-order valence-electron chi connectivity index (χ2n) is 7.67. The number of halogens is 2. The summed E-state index contributed by atoms with van der Waals surface area (Å²) in [6.45, 7) is 1.50. The molecule has 0 spiro atoms. The molecule has 1 N–H and O–H groups in total. The molecule has 1 saturated heterocycles. The first kappa shape index (κ1) is 20.8. The van der Waals surface area contributed by atoms with E-state index in [-0.39, 0.29) is 18.5 Å². The van der Waals surface area contributed by atoms with Gasteiger partial charge in [0.2, 0.25) is 5.88 Å². The number of amides is 1. The summed E-state index contributed by atoms with van der Waals surface area (Å²) in [6.07, 6.45) is 13.0. The lowest BCUT2D eigenvalue weighted by molar-refractivity contribution is 0.117. The van der Waals surface area contributed by atoms with Crippen molar-refractivity contribution in [3.63, 3.8) is 0 Å². The van der Waals surface area contributed by atoms with Gasteiger partial charge in [0.05, 0.1) is 17.0 Å². The van der Waals surface area contributed by atoms with Crippen LogP contribution in [0.2, 0.25) is 0 Å². The summed E-state index contributed by atoms with van der Waals surface area (Å²) in [4.78, 5) is 18.9. The maximum absolute atomic E-state index is 13.0. The standard InChI is InChI=1S/C22H23ClN4O2.ClH/c23-16-5-6-18-15(14-16)4-7-19-20(18)21(27(25-19)17-8-10-24-11-9-17)29-22(28)26-12-2-1-3-13-26;/h7-11,14,25H,1-6,12-13H2;1H. The minimum absolute atomic E-state index is 0. The SMILES string of the molecule is Cl.O=C(OC1=C2C(=CCC3=C2CCC(Cl)=C3)NN1c1ccncc1)N1CCCCC1. The summed E-state index contributed by atoms with van der Waals surface area (Å²) >= 11 is 6.29. The quantitative estimate of drug-likeness (QED) is 0.679. The van der Waals surface area contributed by atoms with E-state index in [1.54, 1.807) is 17.3 Å². The number of piperidine rings is 1. The molecule has 1 aromatic rings. The fourth-order valence-electron chi connectivity index (χ4n) is 4.32. The van der Waals surface area contributed by atoms with Crippen molar-refractivity contribution < 1.29 is 9.53 Å². The van der Waals surface area contributed by atoms with Gasteiger partial charge in [0.1, 0.15) is 0 Å². The minimum atomic E-state index is -0.286. The maximum atomic E-state index is 13.0. The first-order valence-electron chi connectivity index (χ1n) is 10.2. The highest BCUT2D eigenvalue weighted by atomic mass is 35.5. The van der Waals surface area contributed by atoms with Gasteiger partial charge < -0.3 is 9.64 Å². The van der Waals surface area contributed by atoms with Gasteiger partial charge in [0.25, 0.3) is 0 Å². The Labute approximate surface area is 187 Å². The molecule has 3 heterocycles. The zero-order valence-electron chi connectivity index (χ0n) is 16.6. The van der Waals surface area contributed by atoms with Crippen LogP contribution in [0, 0.1) is 0 Å². The Bertz CT molecular complexity index is 963. The largest absolute Gasteiger partial charge is 0.416 e. The van der Waals surface area contributed by atoms with Crippen molar-refractivity contribution in [2.75, 3.05) is 18.1 Å². The summed E-state index contributed by atoms with van der Waals surface area (Å²) in [6, 6.07) is 3.79. The Hall–Kier alpha value is -2.44. The van der Waals surface area contributed by atoms with Crippen molar-refractivity contribution >= 4 is 35.8 Å². The molecular formula is C22H24Cl2N4O2. The van der Waals surface area contributed by atoms with Crippen molar-refractivity contribution in [1.29, 1.82) is 0 Å². The molecule has 1 fully saturated rings. The molecule has 2 aliphatic carbocycles. The van der Waals surface area contributed by atoms with Gasteiger partial charge in [-0.1, -0.05) is 17.7 Å². The van der Waals surface area contributed by atoms with Gasteiger partial charge in [-0.3, -0.25) is 10.4 Å². The van der Waals surface area contributed by atoms with Crippen molar-refractivity contribution in [1.82, 2.24) is 15.3 Å². The van der Waals surface area contributed by atoms with E-state index in [9.17, 15) is 4.79 Å². The van der Waals surface area contributed by atoms with E-state index in [2.05, 4.69) is 22.6 Å². The van der Waals surface area contributed by atoms with Gasteiger partial charge in [0.15, 0.2) is 0 Å². The topological polar surface area (TPSA) is 57.7 Å². The molecular weight excluding hydrogens is 423 g/mol. The van der Waals surface area contributed by atoms with Gasteiger partial charge in [-0.05, 0) is 67.9 Å². The second-order valence-corrected chi connectivity index (χ2v) is 8.15. The van der Waals surface area contributed by atoms with E-state index < -0.39 is 0 Å². The zero-order valence-corrected chi connectivity index (χ0v) is 18.1. The van der Waals surface area contributed by atoms with Gasteiger partial charge in [0, 0.05) is 30.5 Å². The summed E-state index contributed by atoms with van der Waals surface area (Å²) in [7, 11) is 0. The molecule has 4 aliphatic rings. The number of fused-ring (bicyclic) bond motifs is 2. The Morgan fingerprint density at radius 3 is 2.67 bits per heavy atom. The first-order valence-corrected chi connectivity index (χ1v) is 10.6. The third-order valence-corrected chi connectivity index (χ3v) is 6.10. The number of hydrogen-bond donors (Lipinski definition) is 1. The Morgan fingerprint density at radius 1 is 1.13 bits per heavy atom. The smallest absolute Gasteiger partial charge is 0.390 e. The first-order chi connectivity index (χ1) is 14.2. The van der Waals surface area contributed by atoms with E-state index in [4.69, 9.17) is 16.3 Å². The molecule has 6 nitrogen and oxygen atoms in total. The van der Waals surface area contributed by atoms with Gasteiger partial charge >= 0.3 is 6.09 Å². The van der Waals surface area contributed by atoms with E-state index in [1.807, 2.05) is 17.1 Å². The number of nitrogens with zero attached hydrogens (tertiary/aromatic N) is 3. The molecule has 0 bridgehead atoms. The van der Waals surface area contributed by atoms with Crippen LogP contribution in [0.1, 0.15) is 38.5 Å². The lowest BCUT2D eigenvalue weighted by Gasteiger charge is -2.28. The van der Waals surface area contributed by atoms with Gasteiger partial charge in [-0.25, -0.2) is 9.80 Å². The molecule has 30 heavy (non-hydrogen) atoms. The number of aromatic nitrogens is 1. The van der Waals surface area contributed by atoms with Crippen LogP contribution in [-0.4, -0.2) is 29.1 Å². The lowest BCUT2D eigenvalue weighted by Crippen LogP contribution is -2.39. The average molecular weight is 447 g/mol. The molecule has 0 unspecified atom stereocenters. The number of ether oxygens (including phenoxy) is 1. The molecule has 5 rings (SSSR count). The summed E-state index contributed by atoms with van der Waals surface area (Å²) in [5, 5.41) is 2.73. The molecule has 1 amide bonds. The zero-order chi connectivity index (χ0) is 19.8. The molecule has 0 atom stereocenters. The van der Waals surface area contributed by atoms with Crippen LogP contribution in [0.5, 0.6) is 0 Å². The molecule has 0 saturated carbocycles. The minimum Gasteiger partial charge on any atom is -0.390 e. The molecule has 158 valence electrons. The number of likely N-dealkylation sites (tertiary alicyclic amines) is 1. The third-order valence-electron chi connectivity index (χ3n) is 5.80. The molecule has 2 aliphatic heterocycles. The molecule has 8 heteroatoms. The summed E-state index contributed by atoms with van der Waals surface area (Å²) in [5.74, 6) is 0.539. The number of hydrogen-bond acceptors (Lipinski definition) is 5. The van der Waals surface area contributed by atoms with Gasteiger partial charge in [-0.15, -0.1) is 12.4 Å². The van der Waals surface area contributed by atoms with Crippen molar-refractivity contribution in [3.8, 4) is 0 Å². The van der Waals surface area contributed by atoms with Crippen LogP contribution in [-0.2, 0) is 4.74 Å². The van der Waals surface area contributed by atoms with Crippen LogP contribution in [0.25, 0.3) is 0 Å². The summed E-state index contributed by atoms with van der Waals surface area (Å²) < 4.78 is 6.04. The maximum Gasteiger partial charge on any atom is 0.416 e. The number of carbonyl (C=O) groups is 1. The van der Waals surface area contributed by atoms with Gasteiger partial charge in [-0.2, -0.15) is 0 Å². The fraction of sp³-hybridized carbons (Fsp3) is 0.364. The predicted molar refractivity (Wildman–Crippen MR) is 119 cm³/mol. The van der Waals surface area contributed by atoms with E-state index in [0.717, 1.165) is 67.2 Å². The number of rotatable bonds is 2. The van der Waals surface area contributed by atoms with Crippen molar-refractivity contribution in [2.45, 2.75) is 38.5 Å². The van der Waals surface area contributed by atoms with E-state index in [0.29, 0.717) is 5.88 Å². The average Bonchev–Trinajstić information content (AvgIpc) is 3.13. The van der Waals surface area contributed by atoms with Crippen molar-refractivity contribution in [2.24, 2.45) is 0 Å². The Kier molecular flexibility index (Phi) is 6.06. The third kappa shape index (κ3) is 3.82. The van der Waals surface area contributed by atoms with Crippen LogP contribution in [0.4, 0.5) is 10.5 Å². The normalized spacial score (nSPS) is 20.6. The Balaban J connectivity index is 0.00000218. The molecule has 1 aromatic heterocycles. The van der Waals surface area contributed by atoms with Crippen LogP contribution >= 0.6 is 24.0 Å². The number of hydrazine groups is 1. The molecule has 0 radical (unpaired) electrons. The summed E-state index contributed by atoms with van der Waals surface area (Å²) in [5.41, 5.74) is 8.64. The monoisotopic (exact) mass is 446 g/mol. The lowest BCUT2D eigenvalue weighted by atomic mass is 9.85. The number of nitrogens with one attached hydrogen (secondary N) is 1. The van der Waals surface area contributed by atoms with Crippen molar-refractivity contribution in [3.05, 3.63) is 70.0 Å². The highest BCUT2D eigenvalue weighted by Gasteiger charge is 2.37. The number of pyridine rings is 1. The van der Waals surface area contributed by atoms with E-state index in [1.165, 1.54) is 17.6 Å². The predicted octanol–water partition coefficient (Wildman–Crippen LogP) is 5.16. The number of carbonyl (C=O) groups excluding carboxylic acids is 1. The van der Waals surface area contributed by atoms with Crippen LogP contribution in [0.15, 0.2) is 70.0 Å². The fourth-order valence-corrected chi connectivity index (χ4v) is 4.55. The molecule has 0 aromatic carbocycles. The highest BCUT2D eigenvalue weighted by Crippen LogP contribution is 2.43. The van der Waals surface area contributed by atoms with E-state index >= 15 is 0 Å². The van der Waals surface area contributed by atoms with Crippen LogP contribution < -0.4 is 10.4 Å². The highest BCUT2D eigenvalue weighted by molar-refractivity contribution is 6.29. The number of allylic oxidation sites excluding steroid dienone is 5. The Morgan fingerprint density at radius 2 is 1.90 bits per heavy atom. The number of anilines is 1.